The highest BCUT2D eigenvalue weighted by molar-refractivity contribution is 9.10. The Hall–Kier alpha value is -1.39. The van der Waals surface area contributed by atoms with E-state index in [0.717, 1.165) is 28.9 Å². The van der Waals surface area contributed by atoms with Gasteiger partial charge in [-0.05, 0) is 36.9 Å². The number of benzene rings is 1. The normalized spacial score (nSPS) is 10.3. The zero-order chi connectivity index (χ0) is 12.8. The number of pyridine rings is 1. The highest BCUT2D eigenvalue weighted by Crippen LogP contribution is 2.24. The molecule has 0 aliphatic heterocycles. The molecule has 0 radical (unpaired) electrons. The van der Waals surface area contributed by atoms with E-state index in [1.165, 1.54) is 0 Å². The Bertz CT molecular complexity index is 499. The molecular formula is C14H15BrN2O. The summed E-state index contributed by atoms with van der Waals surface area (Å²) in [7, 11) is 0. The lowest BCUT2D eigenvalue weighted by molar-refractivity contribution is 0.453. The van der Waals surface area contributed by atoms with Gasteiger partial charge in [0.25, 0.3) is 0 Å². The summed E-state index contributed by atoms with van der Waals surface area (Å²) in [5, 5.41) is 3.27. The minimum atomic E-state index is 0.653. The first-order valence-electron chi connectivity index (χ1n) is 5.87. The molecule has 2 aromatic rings. The van der Waals surface area contributed by atoms with Crippen molar-refractivity contribution >= 4 is 15.9 Å². The lowest BCUT2D eigenvalue weighted by atomic mass is 10.2. The molecule has 0 aliphatic rings. The summed E-state index contributed by atoms with van der Waals surface area (Å²) in [5.74, 6) is 1.44. The second kappa shape index (κ2) is 6.52. The summed E-state index contributed by atoms with van der Waals surface area (Å²) in [4.78, 5) is 4.28. The van der Waals surface area contributed by atoms with Crippen LogP contribution in [0.1, 0.15) is 12.5 Å². The molecule has 0 bridgehead atoms. The molecule has 1 aromatic carbocycles. The third kappa shape index (κ3) is 3.55. The summed E-state index contributed by atoms with van der Waals surface area (Å²) in [6.45, 7) is 3.76. The number of hydrogen-bond donors (Lipinski definition) is 1. The molecule has 2 rings (SSSR count). The number of aromatic nitrogens is 1. The summed E-state index contributed by atoms with van der Waals surface area (Å²) < 4.78 is 6.82. The summed E-state index contributed by atoms with van der Waals surface area (Å²) in [5.41, 5.74) is 1.06. The van der Waals surface area contributed by atoms with Gasteiger partial charge in [-0.25, -0.2) is 4.98 Å². The van der Waals surface area contributed by atoms with E-state index in [-0.39, 0.29) is 0 Å². The molecule has 0 atom stereocenters. The molecule has 94 valence electrons. The molecule has 3 nitrogen and oxygen atoms in total. The Kier molecular flexibility index (Phi) is 4.73. The number of halogens is 1. The maximum atomic E-state index is 5.79. The van der Waals surface area contributed by atoms with E-state index in [2.05, 4.69) is 33.2 Å². The average molecular weight is 307 g/mol. The predicted molar refractivity (Wildman–Crippen MR) is 75.8 cm³/mol. The van der Waals surface area contributed by atoms with Gasteiger partial charge in [-0.1, -0.05) is 28.9 Å². The molecule has 0 unspecified atom stereocenters. The number of hydrogen-bond acceptors (Lipinski definition) is 3. The van der Waals surface area contributed by atoms with Gasteiger partial charge in [0.05, 0.1) is 0 Å². The molecule has 0 aliphatic carbocycles. The fourth-order valence-corrected chi connectivity index (χ4v) is 1.79. The Labute approximate surface area is 115 Å². The van der Waals surface area contributed by atoms with Gasteiger partial charge in [0.15, 0.2) is 0 Å². The van der Waals surface area contributed by atoms with Gasteiger partial charge >= 0.3 is 0 Å². The fraction of sp³-hybridized carbons (Fsp3) is 0.214. The van der Waals surface area contributed by atoms with Crippen LogP contribution in [-0.4, -0.2) is 11.5 Å². The average Bonchev–Trinajstić information content (AvgIpc) is 2.40. The molecule has 0 saturated carbocycles. The molecular weight excluding hydrogens is 292 g/mol. The van der Waals surface area contributed by atoms with E-state index < -0.39 is 0 Å². The first-order chi connectivity index (χ1) is 8.79. The van der Waals surface area contributed by atoms with Crippen molar-refractivity contribution in [3.63, 3.8) is 0 Å². The standard InChI is InChI=1S/C14H15BrN2O/c1-2-16-10-11-4-3-9-17-14(11)18-13-7-5-12(15)6-8-13/h3-9,16H,2,10H2,1H3. The fourth-order valence-electron chi connectivity index (χ4n) is 1.52. The Morgan fingerprint density at radius 3 is 2.72 bits per heavy atom. The van der Waals surface area contributed by atoms with E-state index in [0.29, 0.717) is 5.88 Å². The van der Waals surface area contributed by atoms with Crippen molar-refractivity contribution in [1.82, 2.24) is 10.3 Å². The minimum absolute atomic E-state index is 0.653. The van der Waals surface area contributed by atoms with Crippen LogP contribution in [0.2, 0.25) is 0 Å². The second-order valence-electron chi connectivity index (χ2n) is 3.80. The first-order valence-corrected chi connectivity index (χ1v) is 6.67. The second-order valence-corrected chi connectivity index (χ2v) is 4.72. The smallest absolute Gasteiger partial charge is 0.223 e. The monoisotopic (exact) mass is 306 g/mol. The van der Waals surface area contributed by atoms with Gasteiger partial charge in [0.1, 0.15) is 5.75 Å². The van der Waals surface area contributed by atoms with Crippen LogP contribution >= 0.6 is 15.9 Å². The highest BCUT2D eigenvalue weighted by Gasteiger charge is 2.05. The van der Waals surface area contributed by atoms with Crippen LogP contribution in [0.15, 0.2) is 47.1 Å². The van der Waals surface area contributed by atoms with Crippen LogP contribution in [0.5, 0.6) is 11.6 Å². The molecule has 1 heterocycles. The molecule has 0 amide bonds. The van der Waals surface area contributed by atoms with E-state index in [1.54, 1.807) is 6.20 Å². The van der Waals surface area contributed by atoms with Gasteiger partial charge in [-0.15, -0.1) is 0 Å². The number of nitrogens with one attached hydrogen (secondary N) is 1. The molecule has 0 saturated heterocycles. The zero-order valence-electron chi connectivity index (χ0n) is 10.2. The summed E-state index contributed by atoms with van der Waals surface area (Å²) in [6, 6.07) is 11.7. The molecule has 4 heteroatoms. The summed E-state index contributed by atoms with van der Waals surface area (Å²) in [6.07, 6.45) is 1.74. The van der Waals surface area contributed by atoms with Gasteiger partial charge in [-0.2, -0.15) is 0 Å². The zero-order valence-corrected chi connectivity index (χ0v) is 11.8. The lowest BCUT2D eigenvalue weighted by Crippen LogP contribution is -2.12. The number of rotatable bonds is 5. The number of nitrogens with zero attached hydrogens (tertiary/aromatic N) is 1. The Morgan fingerprint density at radius 2 is 2.00 bits per heavy atom. The van der Waals surface area contributed by atoms with Crippen LogP contribution in [0.25, 0.3) is 0 Å². The van der Waals surface area contributed by atoms with Crippen LogP contribution in [0, 0.1) is 0 Å². The van der Waals surface area contributed by atoms with Crippen molar-refractivity contribution in [2.24, 2.45) is 0 Å². The van der Waals surface area contributed by atoms with Crippen molar-refractivity contribution in [3.05, 3.63) is 52.6 Å². The van der Waals surface area contributed by atoms with Crippen LogP contribution in [-0.2, 0) is 6.54 Å². The van der Waals surface area contributed by atoms with Gasteiger partial charge < -0.3 is 10.1 Å². The third-order valence-corrected chi connectivity index (χ3v) is 2.97. The van der Waals surface area contributed by atoms with E-state index in [4.69, 9.17) is 4.74 Å². The lowest BCUT2D eigenvalue weighted by Gasteiger charge is -2.10. The van der Waals surface area contributed by atoms with Crippen molar-refractivity contribution < 1.29 is 4.74 Å². The van der Waals surface area contributed by atoms with Gasteiger partial charge in [0.2, 0.25) is 5.88 Å². The summed E-state index contributed by atoms with van der Waals surface area (Å²) >= 11 is 3.40. The maximum absolute atomic E-state index is 5.79. The van der Waals surface area contributed by atoms with Crippen LogP contribution in [0.3, 0.4) is 0 Å². The molecule has 0 fully saturated rings. The Balaban J connectivity index is 2.15. The van der Waals surface area contributed by atoms with E-state index in [9.17, 15) is 0 Å². The van der Waals surface area contributed by atoms with Crippen molar-refractivity contribution in [1.29, 1.82) is 0 Å². The Morgan fingerprint density at radius 1 is 1.22 bits per heavy atom. The quantitative estimate of drug-likeness (QED) is 0.913. The number of ether oxygens (including phenoxy) is 1. The van der Waals surface area contributed by atoms with Crippen LogP contribution in [0.4, 0.5) is 0 Å². The maximum Gasteiger partial charge on any atom is 0.223 e. The van der Waals surface area contributed by atoms with Crippen molar-refractivity contribution in [3.8, 4) is 11.6 Å². The van der Waals surface area contributed by atoms with E-state index in [1.807, 2.05) is 36.4 Å². The topological polar surface area (TPSA) is 34.2 Å². The van der Waals surface area contributed by atoms with Gasteiger partial charge in [0, 0.05) is 22.8 Å². The van der Waals surface area contributed by atoms with Gasteiger partial charge in [-0.3, -0.25) is 0 Å². The molecule has 0 spiro atoms. The van der Waals surface area contributed by atoms with E-state index >= 15 is 0 Å². The highest BCUT2D eigenvalue weighted by atomic mass is 79.9. The predicted octanol–water partition coefficient (Wildman–Crippen LogP) is 3.75. The van der Waals surface area contributed by atoms with Crippen molar-refractivity contribution in [2.75, 3.05) is 6.54 Å². The largest absolute Gasteiger partial charge is 0.439 e. The van der Waals surface area contributed by atoms with Crippen molar-refractivity contribution in [2.45, 2.75) is 13.5 Å². The minimum Gasteiger partial charge on any atom is -0.439 e. The van der Waals surface area contributed by atoms with Crippen LogP contribution < -0.4 is 10.1 Å². The molecule has 1 N–H and O–H groups in total. The molecule has 1 aromatic heterocycles. The first kappa shape index (κ1) is 13.1. The SMILES string of the molecule is CCNCc1cccnc1Oc1ccc(Br)cc1. The third-order valence-electron chi connectivity index (χ3n) is 2.44. The molecule has 18 heavy (non-hydrogen) atoms.